The monoisotopic (exact) mass is 223 g/mol. The van der Waals surface area contributed by atoms with Crippen LogP contribution < -0.4 is 10.6 Å². The number of rotatable bonds is 5. The summed E-state index contributed by atoms with van der Waals surface area (Å²) in [6, 6.07) is 1.84. The number of aromatic nitrogens is 2. The summed E-state index contributed by atoms with van der Waals surface area (Å²) in [7, 11) is 0. The van der Waals surface area contributed by atoms with Crippen molar-refractivity contribution >= 4 is 11.7 Å². The Kier molecular flexibility index (Phi) is 4.50. The van der Waals surface area contributed by atoms with Gasteiger partial charge in [0.1, 0.15) is 18.0 Å². The maximum atomic E-state index is 8.58. The molecular formula is C10H17N5O. The van der Waals surface area contributed by atoms with E-state index in [-0.39, 0.29) is 11.8 Å². The number of nitrogens with two attached hydrogens (primary N) is 1. The molecule has 3 N–H and O–H groups in total. The van der Waals surface area contributed by atoms with Gasteiger partial charge in [-0.3, -0.25) is 0 Å². The van der Waals surface area contributed by atoms with Crippen molar-refractivity contribution in [2.75, 3.05) is 18.0 Å². The van der Waals surface area contributed by atoms with Crippen molar-refractivity contribution in [3.63, 3.8) is 0 Å². The van der Waals surface area contributed by atoms with E-state index in [1.807, 2.05) is 24.8 Å². The molecule has 0 saturated carbocycles. The smallest absolute Gasteiger partial charge is 0.143 e. The van der Waals surface area contributed by atoms with E-state index in [1.54, 1.807) is 6.20 Å². The molecule has 0 aliphatic rings. The molecule has 1 atom stereocenters. The number of oxime groups is 1. The minimum absolute atomic E-state index is 0.0279. The molecule has 1 rings (SSSR count). The Morgan fingerprint density at radius 2 is 2.44 bits per heavy atom. The molecule has 0 amide bonds. The molecular weight excluding hydrogens is 206 g/mol. The standard InChI is InChI=1S/C10H17N5O/c1-3-15(6-8(2)10(11)14-16)9-4-5-12-7-13-9/h4-5,7-8,16H,3,6H2,1-2H3,(H2,11,14). The van der Waals surface area contributed by atoms with Crippen LogP contribution in [0.4, 0.5) is 5.82 Å². The van der Waals surface area contributed by atoms with Crippen LogP contribution in [-0.4, -0.2) is 34.1 Å². The number of amidine groups is 1. The summed E-state index contributed by atoms with van der Waals surface area (Å²) in [6.07, 6.45) is 3.20. The number of nitrogens with zero attached hydrogens (tertiary/aromatic N) is 4. The summed E-state index contributed by atoms with van der Waals surface area (Å²) in [5.41, 5.74) is 5.54. The maximum Gasteiger partial charge on any atom is 0.143 e. The highest BCUT2D eigenvalue weighted by Gasteiger charge is 2.13. The van der Waals surface area contributed by atoms with Crippen molar-refractivity contribution in [1.82, 2.24) is 9.97 Å². The van der Waals surface area contributed by atoms with Gasteiger partial charge in [-0.15, -0.1) is 0 Å². The third kappa shape index (κ3) is 3.08. The Morgan fingerprint density at radius 3 is 2.94 bits per heavy atom. The van der Waals surface area contributed by atoms with Crippen molar-refractivity contribution in [2.45, 2.75) is 13.8 Å². The summed E-state index contributed by atoms with van der Waals surface area (Å²) in [6.45, 7) is 5.39. The van der Waals surface area contributed by atoms with Crippen LogP contribution in [0.3, 0.4) is 0 Å². The molecule has 0 radical (unpaired) electrons. The molecule has 0 fully saturated rings. The van der Waals surface area contributed by atoms with E-state index < -0.39 is 0 Å². The summed E-state index contributed by atoms with van der Waals surface area (Å²) >= 11 is 0. The molecule has 6 nitrogen and oxygen atoms in total. The highest BCUT2D eigenvalue weighted by Crippen LogP contribution is 2.10. The van der Waals surface area contributed by atoms with Gasteiger partial charge in [-0.2, -0.15) is 0 Å². The van der Waals surface area contributed by atoms with Crippen molar-refractivity contribution in [2.24, 2.45) is 16.8 Å². The first kappa shape index (κ1) is 12.2. The quantitative estimate of drug-likeness (QED) is 0.332. The highest BCUT2D eigenvalue weighted by atomic mass is 16.4. The fourth-order valence-corrected chi connectivity index (χ4v) is 1.38. The molecule has 0 aromatic carbocycles. The lowest BCUT2D eigenvalue weighted by atomic mass is 10.1. The molecule has 1 aromatic heterocycles. The van der Waals surface area contributed by atoms with Gasteiger partial charge in [0.2, 0.25) is 0 Å². The minimum Gasteiger partial charge on any atom is -0.409 e. The van der Waals surface area contributed by atoms with Crippen LogP contribution in [0, 0.1) is 5.92 Å². The van der Waals surface area contributed by atoms with Crippen molar-refractivity contribution in [3.05, 3.63) is 18.6 Å². The van der Waals surface area contributed by atoms with Crippen molar-refractivity contribution in [3.8, 4) is 0 Å². The molecule has 1 aromatic rings. The van der Waals surface area contributed by atoms with E-state index in [4.69, 9.17) is 10.9 Å². The normalized spacial score (nSPS) is 13.5. The Morgan fingerprint density at radius 1 is 1.69 bits per heavy atom. The summed E-state index contributed by atoms with van der Waals surface area (Å²) in [5, 5.41) is 11.6. The predicted octanol–water partition coefficient (Wildman–Crippen LogP) is 0.685. The number of hydrogen-bond donors (Lipinski definition) is 2. The van der Waals surface area contributed by atoms with E-state index in [0.717, 1.165) is 12.4 Å². The Bertz CT molecular complexity index is 340. The third-order valence-electron chi connectivity index (χ3n) is 2.39. The third-order valence-corrected chi connectivity index (χ3v) is 2.39. The number of hydrogen-bond acceptors (Lipinski definition) is 5. The zero-order chi connectivity index (χ0) is 12.0. The van der Waals surface area contributed by atoms with Crippen LogP contribution >= 0.6 is 0 Å². The van der Waals surface area contributed by atoms with E-state index >= 15 is 0 Å². The second-order valence-electron chi connectivity index (χ2n) is 3.53. The average Bonchev–Trinajstić information content (AvgIpc) is 2.35. The maximum absolute atomic E-state index is 8.58. The first-order valence-corrected chi connectivity index (χ1v) is 5.17. The molecule has 0 aliphatic carbocycles. The van der Waals surface area contributed by atoms with E-state index in [9.17, 15) is 0 Å². The van der Waals surface area contributed by atoms with E-state index in [2.05, 4.69) is 15.1 Å². The van der Waals surface area contributed by atoms with E-state index in [1.165, 1.54) is 6.33 Å². The largest absolute Gasteiger partial charge is 0.409 e. The van der Waals surface area contributed by atoms with Gasteiger partial charge < -0.3 is 15.8 Å². The first-order chi connectivity index (χ1) is 7.69. The number of anilines is 1. The van der Waals surface area contributed by atoms with Gasteiger partial charge in [-0.25, -0.2) is 9.97 Å². The Labute approximate surface area is 94.8 Å². The first-order valence-electron chi connectivity index (χ1n) is 5.17. The lowest BCUT2D eigenvalue weighted by Crippen LogP contribution is -2.35. The van der Waals surface area contributed by atoms with Gasteiger partial charge in [0.15, 0.2) is 0 Å². The molecule has 1 heterocycles. The molecule has 88 valence electrons. The Balaban J connectivity index is 2.70. The summed E-state index contributed by atoms with van der Waals surface area (Å²) in [4.78, 5) is 10.1. The SMILES string of the molecule is CCN(CC(C)C(N)=NO)c1ccncn1. The van der Waals surface area contributed by atoms with Gasteiger partial charge in [0, 0.05) is 25.2 Å². The molecule has 0 aliphatic heterocycles. The van der Waals surface area contributed by atoms with Gasteiger partial charge in [0.25, 0.3) is 0 Å². The summed E-state index contributed by atoms with van der Waals surface area (Å²) < 4.78 is 0. The second kappa shape index (κ2) is 5.89. The average molecular weight is 223 g/mol. The zero-order valence-corrected chi connectivity index (χ0v) is 9.54. The lowest BCUT2D eigenvalue weighted by molar-refractivity contribution is 0.314. The topological polar surface area (TPSA) is 87.6 Å². The van der Waals surface area contributed by atoms with Crippen LogP contribution in [0.1, 0.15) is 13.8 Å². The van der Waals surface area contributed by atoms with Crippen LogP contribution in [0.25, 0.3) is 0 Å². The summed E-state index contributed by atoms with van der Waals surface area (Å²) in [5.74, 6) is 1.04. The molecule has 0 bridgehead atoms. The zero-order valence-electron chi connectivity index (χ0n) is 9.54. The predicted molar refractivity (Wildman–Crippen MR) is 62.5 cm³/mol. The van der Waals surface area contributed by atoms with Crippen LogP contribution in [-0.2, 0) is 0 Å². The molecule has 6 heteroatoms. The van der Waals surface area contributed by atoms with Gasteiger partial charge >= 0.3 is 0 Å². The minimum atomic E-state index is -0.0279. The molecule has 1 unspecified atom stereocenters. The van der Waals surface area contributed by atoms with Crippen molar-refractivity contribution < 1.29 is 5.21 Å². The molecule has 0 spiro atoms. The van der Waals surface area contributed by atoms with Gasteiger partial charge in [0.05, 0.1) is 0 Å². The van der Waals surface area contributed by atoms with Crippen LogP contribution in [0.5, 0.6) is 0 Å². The lowest BCUT2D eigenvalue weighted by Gasteiger charge is -2.24. The molecule has 0 saturated heterocycles. The van der Waals surface area contributed by atoms with Crippen molar-refractivity contribution in [1.29, 1.82) is 0 Å². The second-order valence-corrected chi connectivity index (χ2v) is 3.53. The Hall–Kier alpha value is -1.85. The van der Waals surface area contributed by atoms with Gasteiger partial charge in [-0.05, 0) is 13.0 Å². The fourth-order valence-electron chi connectivity index (χ4n) is 1.38. The van der Waals surface area contributed by atoms with Crippen LogP contribution in [0.2, 0.25) is 0 Å². The van der Waals surface area contributed by atoms with E-state index in [0.29, 0.717) is 6.54 Å². The van der Waals surface area contributed by atoms with Gasteiger partial charge in [-0.1, -0.05) is 12.1 Å². The highest BCUT2D eigenvalue weighted by molar-refractivity contribution is 5.82. The molecule has 16 heavy (non-hydrogen) atoms. The van der Waals surface area contributed by atoms with Crippen LogP contribution in [0.15, 0.2) is 23.7 Å². The fraction of sp³-hybridized carbons (Fsp3) is 0.500.